The summed E-state index contributed by atoms with van der Waals surface area (Å²) in [6, 6.07) is 9.17. The SMILES string of the molecule is CCOC(=O)C1=C(C)NC(C)=C(C(=O)OCC)C1C(=O)OCC(=O)c1cc(C)n(C[C@@H]2COc3ccccc3O2)c1C. The van der Waals surface area contributed by atoms with Crippen LogP contribution >= 0.6 is 0 Å². The van der Waals surface area contributed by atoms with Crippen molar-refractivity contribution >= 4 is 23.7 Å². The number of ketones is 1. The van der Waals surface area contributed by atoms with Gasteiger partial charge in [0.05, 0.1) is 30.9 Å². The van der Waals surface area contributed by atoms with Gasteiger partial charge < -0.3 is 33.6 Å². The van der Waals surface area contributed by atoms with Crippen LogP contribution in [0.4, 0.5) is 0 Å². The third kappa shape index (κ3) is 6.19. The van der Waals surface area contributed by atoms with Gasteiger partial charge in [0.15, 0.2) is 24.2 Å². The van der Waals surface area contributed by atoms with E-state index in [1.165, 1.54) is 0 Å². The molecule has 1 aromatic heterocycles. The van der Waals surface area contributed by atoms with Crippen LogP contribution in [0.15, 0.2) is 52.9 Å². The smallest absolute Gasteiger partial charge is 0.337 e. The van der Waals surface area contributed by atoms with Gasteiger partial charge in [0.1, 0.15) is 12.5 Å². The number of ether oxygens (including phenoxy) is 5. The average molecular weight is 581 g/mol. The molecule has 0 saturated carbocycles. The highest BCUT2D eigenvalue weighted by molar-refractivity contribution is 6.06. The number of carbonyl (C=O) groups is 4. The summed E-state index contributed by atoms with van der Waals surface area (Å²) in [5.41, 5.74) is 2.44. The number of nitrogens with zero attached hydrogens (tertiary/aromatic N) is 1. The molecule has 0 spiro atoms. The number of hydrogen-bond donors (Lipinski definition) is 1. The minimum atomic E-state index is -1.42. The summed E-state index contributed by atoms with van der Waals surface area (Å²) in [7, 11) is 0. The molecule has 0 fully saturated rings. The van der Waals surface area contributed by atoms with Gasteiger partial charge in [-0.1, -0.05) is 12.1 Å². The van der Waals surface area contributed by atoms with Crippen molar-refractivity contribution in [1.29, 1.82) is 0 Å². The van der Waals surface area contributed by atoms with Gasteiger partial charge in [-0.05, 0) is 59.7 Å². The first kappa shape index (κ1) is 30.4. The number of aryl methyl sites for hydroxylation is 1. The largest absolute Gasteiger partial charge is 0.486 e. The molecule has 11 nitrogen and oxygen atoms in total. The fourth-order valence-corrected chi connectivity index (χ4v) is 5.21. The Morgan fingerprint density at radius 1 is 0.905 bits per heavy atom. The van der Waals surface area contributed by atoms with Crippen LogP contribution in [0.3, 0.4) is 0 Å². The highest BCUT2D eigenvalue weighted by atomic mass is 16.6. The zero-order chi connectivity index (χ0) is 30.6. The Morgan fingerprint density at radius 3 is 2.10 bits per heavy atom. The molecule has 1 N–H and O–H groups in total. The number of benzene rings is 1. The molecule has 2 aliphatic heterocycles. The van der Waals surface area contributed by atoms with E-state index in [2.05, 4.69) is 5.32 Å². The van der Waals surface area contributed by atoms with Crippen LogP contribution in [0.2, 0.25) is 0 Å². The quantitative estimate of drug-likeness (QED) is 0.253. The van der Waals surface area contributed by atoms with Crippen LogP contribution in [0.5, 0.6) is 11.5 Å². The van der Waals surface area contributed by atoms with Crippen molar-refractivity contribution in [2.45, 2.75) is 54.2 Å². The minimum Gasteiger partial charge on any atom is -0.486 e. The number of esters is 3. The Hall–Kier alpha value is -4.54. The number of hydrogen-bond acceptors (Lipinski definition) is 10. The minimum absolute atomic E-state index is 0.0630. The second kappa shape index (κ2) is 13.0. The van der Waals surface area contributed by atoms with Gasteiger partial charge in [0.25, 0.3) is 0 Å². The Morgan fingerprint density at radius 2 is 1.50 bits per heavy atom. The number of aromatic nitrogens is 1. The number of rotatable bonds is 10. The molecule has 0 amide bonds. The maximum Gasteiger partial charge on any atom is 0.337 e. The number of Topliss-reactive ketones (excluding diaryl/α,β-unsaturated/α-hetero) is 1. The number of fused-ring (bicyclic) bond motifs is 1. The monoisotopic (exact) mass is 580 g/mol. The van der Waals surface area contributed by atoms with Gasteiger partial charge in [0, 0.05) is 28.3 Å². The van der Waals surface area contributed by atoms with E-state index in [1.807, 2.05) is 42.7 Å². The number of para-hydroxylation sites is 2. The summed E-state index contributed by atoms with van der Waals surface area (Å²) in [5, 5.41) is 2.95. The summed E-state index contributed by atoms with van der Waals surface area (Å²) in [6.07, 6.45) is -0.266. The van der Waals surface area contributed by atoms with Crippen LogP contribution in [0.25, 0.3) is 0 Å². The lowest BCUT2D eigenvalue weighted by atomic mass is 9.85. The second-order valence-electron chi connectivity index (χ2n) is 10.0. The molecule has 0 saturated heterocycles. The van der Waals surface area contributed by atoms with Crippen molar-refractivity contribution in [2.24, 2.45) is 5.92 Å². The van der Waals surface area contributed by atoms with Crippen molar-refractivity contribution in [3.63, 3.8) is 0 Å². The average Bonchev–Trinajstić information content (AvgIpc) is 3.23. The molecule has 1 atom stereocenters. The number of allylic oxidation sites excluding steroid dienone is 2. The van der Waals surface area contributed by atoms with Crippen molar-refractivity contribution in [3.05, 3.63) is 69.8 Å². The van der Waals surface area contributed by atoms with Gasteiger partial charge in [0.2, 0.25) is 5.78 Å². The molecule has 0 unspecified atom stereocenters. The van der Waals surface area contributed by atoms with Crippen LogP contribution in [0.1, 0.15) is 49.4 Å². The normalized spacial score (nSPS) is 16.6. The molecule has 0 bridgehead atoms. The van der Waals surface area contributed by atoms with Crippen molar-refractivity contribution < 1.29 is 42.9 Å². The molecule has 1 aromatic carbocycles. The Kier molecular flexibility index (Phi) is 9.39. The molecule has 11 heteroatoms. The van der Waals surface area contributed by atoms with E-state index in [-0.39, 0.29) is 30.5 Å². The topological polar surface area (TPSA) is 131 Å². The predicted molar refractivity (Wildman–Crippen MR) is 151 cm³/mol. The summed E-state index contributed by atoms with van der Waals surface area (Å²) in [6.45, 7) is 10.5. The third-order valence-corrected chi connectivity index (χ3v) is 7.16. The lowest BCUT2D eigenvalue weighted by Gasteiger charge is -2.28. The number of carbonyl (C=O) groups excluding carboxylic acids is 4. The summed E-state index contributed by atoms with van der Waals surface area (Å²) < 4.78 is 29.6. The van der Waals surface area contributed by atoms with Crippen LogP contribution < -0.4 is 14.8 Å². The van der Waals surface area contributed by atoms with E-state index in [4.69, 9.17) is 23.7 Å². The van der Waals surface area contributed by atoms with Gasteiger partial charge in [-0.3, -0.25) is 9.59 Å². The molecular formula is C31H36N2O9. The van der Waals surface area contributed by atoms with Gasteiger partial charge in [-0.15, -0.1) is 0 Å². The van der Waals surface area contributed by atoms with E-state index in [9.17, 15) is 19.2 Å². The van der Waals surface area contributed by atoms with Crippen LogP contribution in [-0.2, 0) is 35.1 Å². The molecule has 0 aliphatic carbocycles. The van der Waals surface area contributed by atoms with E-state index in [0.717, 1.165) is 5.69 Å². The number of nitrogens with one attached hydrogen (secondary N) is 1. The summed E-state index contributed by atoms with van der Waals surface area (Å²) in [5.74, 6) is -2.98. The molecule has 3 heterocycles. The first-order valence-electron chi connectivity index (χ1n) is 13.8. The lowest BCUT2D eigenvalue weighted by molar-refractivity contribution is -0.151. The van der Waals surface area contributed by atoms with Crippen LogP contribution in [-0.4, -0.2) is 60.8 Å². The second-order valence-corrected chi connectivity index (χ2v) is 10.0. The Labute approximate surface area is 244 Å². The first-order chi connectivity index (χ1) is 20.1. The Bertz CT molecular complexity index is 1430. The van der Waals surface area contributed by atoms with E-state index >= 15 is 0 Å². The molecule has 2 aromatic rings. The number of dihydropyridines is 1. The van der Waals surface area contributed by atoms with E-state index in [0.29, 0.717) is 47.3 Å². The molecule has 224 valence electrons. The lowest BCUT2D eigenvalue weighted by Crippen LogP contribution is -2.38. The van der Waals surface area contributed by atoms with Gasteiger partial charge >= 0.3 is 17.9 Å². The van der Waals surface area contributed by atoms with E-state index in [1.54, 1.807) is 33.8 Å². The van der Waals surface area contributed by atoms with Crippen molar-refractivity contribution in [3.8, 4) is 11.5 Å². The highest BCUT2D eigenvalue weighted by Crippen LogP contribution is 2.33. The fourth-order valence-electron chi connectivity index (χ4n) is 5.21. The maximum atomic E-state index is 13.5. The molecule has 2 aliphatic rings. The molecule has 42 heavy (non-hydrogen) atoms. The molecule has 0 radical (unpaired) electrons. The zero-order valence-electron chi connectivity index (χ0n) is 24.7. The predicted octanol–water partition coefficient (Wildman–Crippen LogP) is 3.56. The van der Waals surface area contributed by atoms with Gasteiger partial charge in [-0.25, -0.2) is 9.59 Å². The zero-order valence-corrected chi connectivity index (χ0v) is 24.7. The van der Waals surface area contributed by atoms with E-state index < -0.39 is 36.2 Å². The van der Waals surface area contributed by atoms with Crippen molar-refractivity contribution in [2.75, 3.05) is 26.4 Å². The van der Waals surface area contributed by atoms with Gasteiger partial charge in [-0.2, -0.15) is 0 Å². The van der Waals surface area contributed by atoms with Crippen LogP contribution in [0, 0.1) is 19.8 Å². The third-order valence-electron chi connectivity index (χ3n) is 7.16. The fraction of sp³-hybridized carbons (Fsp3) is 0.419. The molecule has 4 rings (SSSR count). The molecular weight excluding hydrogens is 544 g/mol. The maximum absolute atomic E-state index is 13.5. The standard InChI is InChI=1S/C31H36N2O9/c1-7-38-29(35)26-18(4)32-19(5)27(30(36)39-8-2)28(26)31(37)41-16-23(34)22-13-17(3)33(20(22)6)14-21-15-40-24-11-9-10-12-25(24)42-21/h9-13,21,28,32H,7-8,14-16H2,1-6H3/t21-/m1/s1. The van der Waals surface area contributed by atoms with Crippen molar-refractivity contribution in [1.82, 2.24) is 9.88 Å². The Balaban J connectivity index is 1.51. The summed E-state index contributed by atoms with van der Waals surface area (Å²) >= 11 is 0. The highest BCUT2D eigenvalue weighted by Gasteiger charge is 2.42. The first-order valence-corrected chi connectivity index (χ1v) is 13.8. The summed E-state index contributed by atoms with van der Waals surface area (Å²) in [4.78, 5) is 52.4.